The number of halogens is 1. The summed E-state index contributed by atoms with van der Waals surface area (Å²) in [6.45, 7) is 0.659. The first-order valence-electron chi connectivity index (χ1n) is 6.86. The number of nitrogens with zero attached hydrogens (tertiary/aromatic N) is 1. The average molecular weight is 300 g/mol. The van der Waals surface area contributed by atoms with E-state index in [0.29, 0.717) is 22.4 Å². The molecule has 1 heterocycles. The Bertz CT molecular complexity index is 551. The molecule has 1 saturated carbocycles. The molecule has 0 spiro atoms. The molecule has 3 rings (SSSR count). The van der Waals surface area contributed by atoms with E-state index in [1.165, 1.54) is 12.8 Å². The third-order valence-corrected chi connectivity index (χ3v) is 6.28. The normalized spacial score (nSPS) is 25.4. The van der Waals surface area contributed by atoms with Gasteiger partial charge in [-0.05, 0) is 55.9 Å². The Balaban J connectivity index is 1.91. The first-order valence-corrected chi connectivity index (χ1v) is 8.68. The topological polar surface area (TPSA) is 37.4 Å². The van der Waals surface area contributed by atoms with Crippen molar-refractivity contribution >= 4 is 21.6 Å². The highest BCUT2D eigenvalue weighted by atomic mass is 35.5. The van der Waals surface area contributed by atoms with Crippen LogP contribution in [0.5, 0.6) is 0 Å². The maximum Gasteiger partial charge on any atom is 0.243 e. The van der Waals surface area contributed by atoms with Gasteiger partial charge < -0.3 is 0 Å². The van der Waals surface area contributed by atoms with Crippen molar-refractivity contribution in [3.05, 3.63) is 29.3 Å². The molecule has 19 heavy (non-hydrogen) atoms. The van der Waals surface area contributed by atoms with E-state index in [2.05, 4.69) is 0 Å². The van der Waals surface area contributed by atoms with Crippen molar-refractivity contribution in [3.63, 3.8) is 0 Å². The van der Waals surface area contributed by atoms with E-state index >= 15 is 0 Å². The average Bonchev–Trinajstić information content (AvgIpc) is 3.23. The second-order valence-electron chi connectivity index (χ2n) is 5.47. The van der Waals surface area contributed by atoms with Crippen molar-refractivity contribution < 1.29 is 8.42 Å². The zero-order chi connectivity index (χ0) is 13.5. The van der Waals surface area contributed by atoms with Gasteiger partial charge in [-0.15, -0.1) is 0 Å². The molecular formula is C14H18ClNO2S. The fraction of sp³-hybridized carbons (Fsp3) is 0.571. The lowest BCUT2D eigenvalue weighted by atomic mass is 10.0. The summed E-state index contributed by atoms with van der Waals surface area (Å²) in [6.07, 6.45) is 5.48. The Labute approximate surface area is 119 Å². The first kappa shape index (κ1) is 13.4. The van der Waals surface area contributed by atoms with Gasteiger partial charge in [-0.2, -0.15) is 4.31 Å². The van der Waals surface area contributed by atoms with Gasteiger partial charge in [0, 0.05) is 17.6 Å². The highest BCUT2D eigenvalue weighted by Crippen LogP contribution is 2.41. The Morgan fingerprint density at radius 3 is 2.37 bits per heavy atom. The van der Waals surface area contributed by atoms with Crippen LogP contribution in [0.4, 0.5) is 0 Å². The van der Waals surface area contributed by atoms with Gasteiger partial charge >= 0.3 is 0 Å². The molecule has 0 N–H and O–H groups in total. The molecule has 0 amide bonds. The van der Waals surface area contributed by atoms with E-state index in [1.807, 2.05) is 0 Å². The summed E-state index contributed by atoms with van der Waals surface area (Å²) in [5, 5.41) is 0.566. The molecule has 2 aliphatic rings. The summed E-state index contributed by atoms with van der Waals surface area (Å²) < 4.78 is 27.2. The predicted molar refractivity (Wildman–Crippen MR) is 75.7 cm³/mol. The lowest BCUT2D eigenvalue weighted by Gasteiger charge is -2.34. The van der Waals surface area contributed by atoms with E-state index in [9.17, 15) is 8.42 Å². The summed E-state index contributed by atoms with van der Waals surface area (Å²) in [7, 11) is -3.36. The van der Waals surface area contributed by atoms with E-state index in [1.54, 1.807) is 28.6 Å². The summed E-state index contributed by atoms with van der Waals surface area (Å²) in [6, 6.07) is 6.72. The molecule has 2 fully saturated rings. The number of sulfonamides is 1. The highest BCUT2D eigenvalue weighted by Gasteiger charge is 2.41. The molecule has 104 valence electrons. The molecule has 3 nitrogen and oxygen atoms in total. The van der Waals surface area contributed by atoms with E-state index in [4.69, 9.17) is 11.6 Å². The summed E-state index contributed by atoms with van der Waals surface area (Å²) in [5.74, 6) is 0.586. The minimum absolute atomic E-state index is 0.217. The minimum Gasteiger partial charge on any atom is -0.207 e. The van der Waals surface area contributed by atoms with Gasteiger partial charge in [-0.25, -0.2) is 8.42 Å². The molecule has 0 radical (unpaired) electrons. The number of benzene rings is 1. The van der Waals surface area contributed by atoms with E-state index in [-0.39, 0.29) is 6.04 Å². The van der Waals surface area contributed by atoms with Crippen molar-refractivity contribution in [1.29, 1.82) is 0 Å². The molecule has 1 atom stereocenters. The molecule has 1 aromatic carbocycles. The number of hydrogen-bond acceptors (Lipinski definition) is 2. The van der Waals surface area contributed by atoms with Crippen LogP contribution in [0.1, 0.15) is 32.1 Å². The van der Waals surface area contributed by atoms with Crippen LogP contribution in [-0.2, 0) is 10.0 Å². The van der Waals surface area contributed by atoms with Crippen LogP contribution in [-0.4, -0.2) is 25.3 Å². The molecule has 1 aliphatic carbocycles. The Kier molecular flexibility index (Phi) is 3.58. The third-order valence-electron chi connectivity index (χ3n) is 4.08. The van der Waals surface area contributed by atoms with Gasteiger partial charge in [0.25, 0.3) is 0 Å². The standard InChI is InChI=1S/C14H18ClNO2S/c15-12-6-8-13(9-7-12)19(17,18)16-10-2-1-3-14(16)11-4-5-11/h6-9,11,14H,1-5,10H2/t14-/m0/s1. The van der Waals surface area contributed by atoms with Crippen molar-refractivity contribution in [1.82, 2.24) is 4.31 Å². The predicted octanol–water partition coefficient (Wildman–Crippen LogP) is 3.29. The van der Waals surface area contributed by atoms with Crippen LogP contribution in [0.3, 0.4) is 0 Å². The van der Waals surface area contributed by atoms with Crippen molar-refractivity contribution in [2.24, 2.45) is 5.92 Å². The smallest absolute Gasteiger partial charge is 0.207 e. The van der Waals surface area contributed by atoms with E-state index < -0.39 is 10.0 Å². The van der Waals surface area contributed by atoms with Crippen molar-refractivity contribution in [3.8, 4) is 0 Å². The van der Waals surface area contributed by atoms with Gasteiger partial charge in [0.05, 0.1) is 4.90 Å². The van der Waals surface area contributed by atoms with Crippen molar-refractivity contribution in [2.45, 2.75) is 43.0 Å². The molecule has 0 unspecified atom stereocenters. The lowest BCUT2D eigenvalue weighted by molar-refractivity contribution is 0.229. The monoisotopic (exact) mass is 299 g/mol. The van der Waals surface area contributed by atoms with Gasteiger partial charge in [-0.1, -0.05) is 18.0 Å². The lowest BCUT2D eigenvalue weighted by Crippen LogP contribution is -2.44. The summed E-state index contributed by atoms with van der Waals surface area (Å²) in [5.41, 5.74) is 0. The molecule has 5 heteroatoms. The fourth-order valence-corrected chi connectivity index (χ4v) is 4.80. The number of hydrogen-bond donors (Lipinski definition) is 0. The maximum absolute atomic E-state index is 12.7. The Morgan fingerprint density at radius 2 is 1.74 bits per heavy atom. The number of piperidine rings is 1. The highest BCUT2D eigenvalue weighted by molar-refractivity contribution is 7.89. The molecule has 1 aliphatic heterocycles. The van der Waals surface area contributed by atoms with Gasteiger partial charge in [0.15, 0.2) is 0 Å². The van der Waals surface area contributed by atoms with Crippen LogP contribution in [0.25, 0.3) is 0 Å². The molecule has 0 aromatic heterocycles. The largest absolute Gasteiger partial charge is 0.243 e. The van der Waals surface area contributed by atoms with Crippen LogP contribution in [0.15, 0.2) is 29.2 Å². The minimum atomic E-state index is -3.36. The van der Waals surface area contributed by atoms with Crippen LogP contribution in [0.2, 0.25) is 5.02 Å². The van der Waals surface area contributed by atoms with Gasteiger partial charge in [-0.3, -0.25) is 0 Å². The second kappa shape index (κ2) is 5.08. The molecule has 1 aromatic rings. The molecular weight excluding hydrogens is 282 g/mol. The van der Waals surface area contributed by atoms with Gasteiger partial charge in [0.2, 0.25) is 10.0 Å². The summed E-state index contributed by atoms with van der Waals surface area (Å²) in [4.78, 5) is 0.365. The molecule has 0 bridgehead atoms. The van der Waals surface area contributed by atoms with E-state index in [0.717, 1.165) is 19.3 Å². The van der Waals surface area contributed by atoms with Crippen LogP contribution >= 0.6 is 11.6 Å². The van der Waals surface area contributed by atoms with Gasteiger partial charge in [0.1, 0.15) is 0 Å². The summed E-state index contributed by atoms with van der Waals surface area (Å²) >= 11 is 5.83. The zero-order valence-electron chi connectivity index (χ0n) is 10.8. The number of rotatable bonds is 3. The third kappa shape index (κ3) is 2.67. The SMILES string of the molecule is O=S(=O)(c1ccc(Cl)cc1)N1CCCC[C@H]1C1CC1. The zero-order valence-corrected chi connectivity index (χ0v) is 12.3. The van der Waals surface area contributed by atoms with Crippen LogP contribution in [0, 0.1) is 5.92 Å². The maximum atomic E-state index is 12.7. The first-order chi connectivity index (χ1) is 9.09. The Hall–Kier alpha value is -0.580. The van der Waals surface area contributed by atoms with Crippen molar-refractivity contribution in [2.75, 3.05) is 6.54 Å². The molecule has 1 saturated heterocycles. The van der Waals surface area contributed by atoms with Crippen LogP contribution < -0.4 is 0 Å². The fourth-order valence-electron chi connectivity index (χ4n) is 2.92. The second-order valence-corrected chi connectivity index (χ2v) is 7.80. The Morgan fingerprint density at radius 1 is 1.05 bits per heavy atom. The quantitative estimate of drug-likeness (QED) is 0.859.